The predicted octanol–water partition coefficient (Wildman–Crippen LogP) is 6.31. The highest BCUT2D eigenvalue weighted by molar-refractivity contribution is 5.99. The molecule has 0 spiro atoms. The van der Waals surface area contributed by atoms with Crippen LogP contribution in [-0.4, -0.2) is 39.6 Å². The maximum Gasteiger partial charge on any atom is 0.254 e. The van der Waals surface area contributed by atoms with Gasteiger partial charge < -0.3 is 10.2 Å². The van der Waals surface area contributed by atoms with Gasteiger partial charge in [-0.1, -0.05) is 64.8 Å². The summed E-state index contributed by atoms with van der Waals surface area (Å²) in [6.45, 7) is 12.8. The molecule has 0 saturated carbocycles. The molecule has 3 rings (SSSR count). The molecule has 36 heavy (non-hydrogen) atoms. The van der Waals surface area contributed by atoms with Gasteiger partial charge in [-0.05, 0) is 62.1 Å². The van der Waals surface area contributed by atoms with Crippen LogP contribution in [-0.2, 0) is 16.6 Å². The minimum Gasteiger partial charge on any atom is -0.330 e. The van der Waals surface area contributed by atoms with Gasteiger partial charge in [0.2, 0.25) is 5.91 Å². The van der Waals surface area contributed by atoms with E-state index in [9.17, 15) is 9.59 Å². The van der Waals surface area contributed by atoms with Crippen LogP contribution in [0.2, 0.25) is 0 Å². The van der Waals surface area contributed by atoms with Gasteiger partial charge in [-0.2, -0.15) is 5.10 Å². The molecule has 6 nitrogen and oxygen atoms in total. The maximum absolute atomic E-state index is 13.1. The first kappa shape index (κ1) is 27.2. The standard InChI is InChI=1S/C30H40N4O2/c1-7-9-10-13-23-15-17-24(18-16-23)29(36)33(8-2)21-28(35)31-27-20-26(30(4,5)6)32-34(27)25-14-11-12-22(3)19-25/h11-12,14-20H,7-10,13,21H2,1-6H3,(H,31,35). The fourth-order valence-corrected chi connectivity index (χ4v) is 4.05. The quantitative estimate of drug-likeness (QED) is 0.340. The number of carbonyl (C=O) groups is 2. The summed E-state index contributed by atoms with van der Waals surface area (Å²) >= 11 is 0. The van der Waals surface area contributed by atoms with Crippen LogP contribution in [0.15, 0.2) is 54.6 Å². The number of amides is 2. The summed E-state index contributed by atoms with van der Waals surface area (Å²) in [7, 11) is 0. The molecular formula is C30H40N4O2. The fourth-order valence-electron chi connectivity index (χ4n) is 4.05. The summed E-state index contributed by atoms with van der Waals surface area (Å²) in [5, 5.41) is 7.78. The van der Waals surface area contributed by atoms with E-state index in [-0.39, 0.29) is 23.8 Å². The van der Waals surface area contributed by atoms with Crippen molar-refractivity contribution in [3.8, 4) is 5.69 Å². The minimum atomic E-state index is -0.254. The molecule has 0 radical (unpaired) electrons. The second kappa shape index (κ2) is 12.0. The van der Waals surface area contributed by atoms with Crippen LogP contribution >= 0.6 is 0 Å². The monoisotopic (exact) mass is 488 g/mol. The number of hydrogen-bond donors (Lipinski definition) is 1. The lowest BCUT2D eigenvalue weighted by molar-refractivity contribution is -0.116. The van der Waals surface area contributed by atoms with Gasteiger partial charge in [0, 0.05) is 23.6 Å². The lowest BCUT2D eigenvalue weighted by atomic mass is 9.92. The summed E-state index contributed by atoms with van der Waals surface area (Å²) in [5.41, 5.74) is 4.52. The number of nitrogens with zero attached hydrogens (tertiary/aromatic N) is 3. The Kier molecular flexibility index (Phi) is 9.08. The minimum absolute atomic E-state index is 0.0303. The Balaban J connectivity index is 1.74. The van der Waals surface area contributed by atoms with Gasteiger partial charge in [-0.25, -0.2) is 4.68 Å². The average molecular weight is 489 g/mol. The van der Waals surface area contributed by atoms with Gasteiger partial charge in [-0.3, -0.25) is 9.59 Å². The van der Waals surface area contributed by atoms with Crippen molar-refractivity contribution >= 4 is 17.6 Å². The molecule has 0 aliphatic carbocycles. The van der Waals surface area contributed by atoms with E-state index in [1.165, 1.54) is 18.4 Å². The van der Waals surface area contributed by atoms with Gasteiger partial charge in [0.1, 0.15) is 12.4 Å². The largest absolute Gasteiger partial charge is 0.330 e. The Morgan fingerprint density at radius 2 is 1.72 bits per heavy atom. The second-order valence-electron chi connectivity index (χ2n) is 10.4. The van der Waals surface area contributed by atoms with Crippen molar-refractivity contribution in [3.63, 3.8) is 0 Å². The Morgan fingerprint density at radius 3 is 2.33 bits per heavy atom. The molecule has 2 aromatic carbocycles. The molecule has 0 aliphatic heterocycles. The fraction of sp³-hybridized carbons (Fsp3) is 0.433. The molecule has 0 unspecified atom stereocenters. The zero-order valence-electron chi connectivity index (χ0n) is 22.6. The Labute approximate surface area is 215 Å². The number of anilines is 1. The molecule has 3 aromatic rings. The molecule has 1 heterocycles. The molecule has 0 saturated heterocycles. The number of hydrogen-bond acceptors (Lipinski definition) is 3. The van der Waals surface area contributed by atoms with Crippen molar-refractivity contribution in [2.45, 2.75) is 72.6 Å². The summed E-state index contributed by atoms with van der Waals surface area (Å²) in [5.74, 6) is 0.196. The third kappa shape index (κ3) is 7.06. The van der Waals surface area contributed by atoms with Crippen molar-refractivity contribution in [2.75, 3.05) is 18.4 Å². The molecular weight excluding hydrogens is 448 g/mol. The lowest BCUT2D eigenvalue weighted by Crippen LogP contribution is -2.38. The van der Waals surface area contributed by atoms with E-state index in [0.29, 0.717) is 17.9 Å². The van der Waals surface area contributed by atoms with E-state index < -0.39 is 0 Å². The maximum atomic E-state index is 13.1. The molecule has 1 N–H and O–H groups in total. The van der Waals surface area contributed by atoms with Crippen LogP contribution in [0.4, 0.5) is 5.82 Å². The highest BCUT2D eigenvalue weighted by Crippen LogP contribution is 2.26. The van der Waals surface area contributed by atoms with E-state index in [2.05, 4.69) is 33.0 Å². The smallest absolute Gasteiger partial charge is 0.254 e. The van der Waals surface area contributed by atoms with Crippen LogP contribution < -0.4 is 5.32 Å². The van der Waals surface area contributed by atoms with Gasteiger partial charge in [0.25, 0.3) is 5.91 Å². The molecule has 0 aliphatic rings. The van der Waals surface area contributed by atoms with Gasteiger partial charge in [0.05, 0.1) is 11.4 Å². The third-order valence-corrected chi connectivity index (χ3v) is 6.26. The summed E-state index contributed by atoms with van der Waals surface area (Å²) in [6, 6.07) is 17.7. The molecule has 0 fully saturated rings. The van der Waals surface area contributed by atoms with Crippen LogP contribution in [0.5, 0.6) is 0 Å². The number of likely N-dealkylation sites (N-methyl/N-ethyl adjacent to an activating group) is 1. The van der Waals surface area contributed by atoms with E-state index in [4.69, 9.17) is 5.10 Å². The zero-order valence-corrected chi connectivity index (χ0v) is 22.6. The first-order valence-electron chi connectivity index (χ1n) is 13.0. The van der Waals surface area contributed by atoms with Crippen LogP contribution in [0.3, 0.4) is 0 Å². The van der Waals surface area contributed by atoms with E-state index in [1.54, 1.807) is 9.58 Å². The molecule has 0 atom stereocenters. The van der Waals surface area contributed by atoms with Crippen molar-refractivity contribution < 1.29 is 9.59 Å². The SMILES string of the molecule is CCCCCc1ccc(C(=O)N(CC)CC(=O)Nc2cc(C(C)(C)C)nn2-c2cccc(C)c2)cc1. The van der Waals surface area contributed by atoms with Gasteiger partial charge >= 0.3 is 0 Å². The number of aromatic nitrogens is 2. The zero-order chi connectivity index (χ0) is 26.3. The molecule has 6 heteroatoms. The third-order valence-electron chi connectivity index (χ3n) is 6.26. The van der Waals surface area contributed by atoms with E-state index in [1.807, 2.05) is 68.4 Å². The Morgan fingerprint density at radius 1 is 1.00 bits per heavy atom. The first-order valence-corrected chi connectivity index (χ1v) is 13.0. The van der Waals surface area contributed by atoms with Crippen LogP contribution in [0, 0.1) is 6.92 Å². The van der Waals surface area contributed by atoms with Crippen molar-refractivity contribution in [1.82, 2.24) is 14.7 Å². The molecule has 0 bridgehead atoms. The summed E-state index contributed by atoms with van der Waals surface area (Å²) in [6.07, 6.45) is 4.57. The molecule has 2 amide bonds. The van der Waals surface area contributed by atoms with Crippen molar-refractivity contribution in [2.24, 2.45) is 0 Å². The number of benzene rings is 2. The predicted molar refractivity (Wildman–Crippen MR) is 147 cm³/mol. The van der Waals surface area contributed by atoms with Gasteiger partial charge in [0.15, 0.2) is 0 Å². The van der Waals surface area contributed by atoms with Crippen molar-refractivity contribution in [1.29, 1.82) is 0 Å². The molecule has 1 aromatic heterocycles. The number of nitrogens with one attached hydrogen (secondary N) is 1. The summed E-state index contributed by atoms with van der Waals surface area (Å²) in [4.78, 5) is 27.8. The number of carbonyl (C=O) groups excluding carboxylic acids is 2. The second-order valence-corrected chi connectivity index (χ2v) is 10.4. The number of rotatable bonds is 10. The topological polar surface area (TPSA) is 67.2 Å². The first-order chi connectivity index (χ1) is 17.1. The van der Waals surface area contributed by atoms with Crippen LogP contribution in [0.1, 0.15) is 81.1 Å². The van der Waals surface area contributed by atoms with Crippen LogP contribution in [0.25, 0.3) is 5.69 Å². The van der Waals surface area contributed by atoms with E-state index in [0.717, 1.165) is 29.8 Å². The molecule has 192 valence electrons. The van der Waals surface area contributed by atoms with E-state index >= 15 is 0 Å². The average Bonchev–Trinajstić information content (AvgIpc) is 3.27. The number of unbranched alkanes of at least 4 members (excludes halogenated alkanes) is 2. The normalized spacial score (nSPS) is 11.4. The van der Waals surface area contributed by atoms with Gasteiger partial charge in [-0.15, -0.1) is 0 Å². The van der Waals surface area contributed by atoms with Crippen molar-refractivity contribution in [3.05, 3.63) is 77.0 Å². The Bertz CT molecular complexity index is 1170. The highest BCUT2D eigenvalue weighted by atomic mass is 16.2. The Hall–Kier alpha value is -3.41. The highest BCUT2D eigenvalue weighted by Gasteiger charge is 2.23. The number of aryl methyl sites for hydroxylation is 2. The lowest BCUT2D eigenvalue weighted by Gasteiger charge is -2.21. The summed E-state index contributed by atoms with van der Waals surface area (Å²) < 4.78 is 1.76.